The molecule has 1 atom stereocenters. The second-order valence-corrected chi connectivity index (χ2v) is 7.00. The molecule has 0 spiro atoms. The second-order valence-electron chi connectivity index (χ2n) is 7.00. The monoisotopic (exact) mass is 319 g/mol. The minimum absolute atomic E-state index is 0. The molecule has 1 aliphatic heterocycles. The maximum atomic E-state index is 12.4. The number of carbonyl (C=O) groups excluding carboxylic acids is 2. The highest BCUT2D eigenvalue weighted by Gasteiger charge is 2.32. The fourth-order valence-electron chi connectivity index (χ4n) is 2.29. The van der Waals surface area contributed by atoms with Crippen molar-refractivity contribution in [2.45, 2.75) is 47.1 Å². The largest absolute Gasteiger partial charge is 0.341 e. The molecule has 0 bridgehead atoms. The Morgan fingerprint density at radius 1 is 0.952 bits per heavy atom. The summed E-state index contributed by atoms with van der Waals surface area (Å²) in [5, 5.41) is 0. The first-order valence-corrected chi connectivity index (χ1v) is 7.47. The van der Waals surface area contributed by atoms with E-state index in [-0.39, 0.29) is 35.6 Å². The molecule has 0 saturated carbocycles. The van der Waals surface area contributed by atoms with Gasteiger partial charge in [0.25, 0.3) is 0 Å². The lowest BCUT2D eigenvalue weighted by molar-refractivity contribution is -0.137. The van der Waals surface area contributed by atoms with Crippen molar-refractivity contribution in [2.24, 2.45) is 17.1 Å². The van der Waals surface area contributed by atoms with Crippen LogP contribution in [0.3, 0.4) is 0 Å². The summed E-state index contributed by atoms with van der Waals surface area (Å²) in [6, 6.07) is -0.491. The van der Waals surface area contributed by atoms with E-state index in [1.54, 1.807) is 0 Å². The summed E-state index contributed by atoms with van der Waals surface area (Å²) in [7, 11) is 0. The van der Waals surface area contributed by atoms with E-state index in [2.05, 4.69) is 0 Å². The van der Waals surface area contributed by atoms with Crippen molar-refractivity contribution in [2.75, 3.05) is 26.2 Å². The van der Waals surface area contributed by atoms with Crippen molar-refractivity contribution in [3.63, 3.8) is 0 Å². The van der Waals surface area contributed by atoms with Gasteiger partial charge in [-0.3, -0.25) is 9.59 Å². The summed E-state index contributed by atoms with van der Waals surface area (Å²) >= 11 is 0. The highest BCUT2D eigenvalue weighted by Crippen LogP contribution is 2.20. The molecule has 124 valence electrons. The van der Waals surface area contributed by atoms with Gasteiger partial charge in [-0.2, -0.15) is 0 Å². The molecule has 0 radical (unpaired) electrons. The lowest BCUT2D eigenvalue weighted by Gasteiger charge is -2.31. The Labute approximate surface area is 134 Å². The zero-order chi connectivity index (χ0) is 15.5. The Morgan fingerprint density at radius 3 is 1.76 bits per heavy atom. The van der Waals surface area contributed by atoms with Crippen LogP contribution >= 0.6 is 12.4 Å². The number of rotatable bonds is 2. The van der Waals surface area contributed by atoms with E-state index >= 15 is 0 Å². The van der Waals surface area contributed by atoms with Crippen LogP contribution in [-0.2, 0) is 9.59 Å². The lowest BCUT2D eigenvalue weighted by Crippen LogP contribution is -2.51. The normalized spacial score (nSPS) is 18.0. The van der Waals surface area contributed by atoms with Crippen molar-refractivity contribution in [3.8, 4) is 0 Å². The highest BCUT2D eigenvalue weighted by atomic mass is 35.5. The van der Waals surface area contributed by atoms with Crippen molar-refractivity contribution in [1.82, 2.24) is 9.80 Å². The molecule has 5 nitrogen and oxygen atoms in total. The first-order chi connectivity index (χ1) is 9.14. The first kappa shape index (κ1) is 20.2. The van der Waals surface area contributed by atoms with Gasteiger partial charge in [0, 0.05) is 32.1 Å². The van der Waals surface area contributed by atoms with E-state index in [1.165, 1.54) is 0 Å². The Hall–Kier alpha value is -0.810. The van der Waals surface area contributed by atoms with E-state index in [4.69, 9.17) is 5.73 Å². The molecule has 2 amide bonds. The van der Waals surface area contributed by atoms with Crippen LogP contribution in [0.1, 0.15) is 41.0 Å². The SMILES string of the molecule is CC(C)C(=O)N1CCCN(C(=O)[C@@H](N)C(C)(C)C)CC1.Cl. The molecule has 0 aromatic heterocycles. The summed E-state index contributed by atoms with van der Waals surface area (Å²) in [6.45, 7) is 12.3. The number of amides is 2. The molecule has 1 heterocycles. The third-order valence-electron chi connectivity index (χ3n) is 3.81. The predicted octanol–water partition coefficient (Wildman–Crippen LogP) is 1.50. The zero-order valence-corrected chi connectivity index (χ0v) is 14.7. The molecule has 0 unspecified atom stereocenters. The Morgan fingerprint density at radius 2 is 1.38 bits per heavy atom. The van der Waals surface area contributed by atoms with Crippen LogP contribution in [0.25, 0.3) is 0 Å². The third-order valence-corrected chi connectivity index (χ3v) is 3.81. The van der Waals surface area contributed by atoms with Crippen molar-refractivity contribution < 1.29 is 9.59 Å². The fraction of sp³-hybridized carbons (Fsp3) is 0.867. The molecular weight excluding hydrogens is 290 g/mol. The summed E-state index contributed by atoms with van der Waals surface area (Å²) in [4.78, 5) is 28.1. The molecule has 1 rings (SSSR count). The Kier molecular flexibility index (Phi) is 7.68. The van der Waals surface area contributed by atoms with Crippen molar-refractivity contribution in [3.05, 3.63) is 0 Å². The van der Waals surface area contributed by atoms with Gasteiger partial charge in [0.2, 0.25) is 11.8 Å². The van der Waals surface area contributed by atoms with E-state index in [0.29, 0.717) is 19.6 Å². The van der Waals surface area contributed by atoms with Gasteiger partial charge in [-0.25, -0.2) is 0 Å². The lowest BCUT2D eigenvalue weighted by atomic mass is 9.86. The van der Waals surface area contributed by atoms with Crippen LogP contribution < -0.4 is 5.73 Å². The van der Waals surface area contributed by atoms with Crippen LogP contribution in [0.15, 0.2) is 0 Å². The molecule has 0 aliphatic carbocycles. The van der Waals surface area contributed by atoms with E-state index in [9.17, 15) is 9.59 Å². The van der Waals surface area contributed by atoms with E-state index in [1.807, 2.05) is 44.4 Å². The molecule has 1 fully saturated rings. The average Bonchev–Trinajstić information content (AvgIpc) is 2.60. The molecule has 1 aliphatic rings. The van der Waals surface area contributed by atoms with Gasteiger partial charge in [0.1, 0.15) is 0 Å². The molecule has 21 heavy (non-hydrogen) atoms. The molecule has 1 saturated heterocycles. The summed E-state index contributed by atoms with van der Waals surface area (Å²) in [6.07, 6.45) is 0.820. The zero-order valence-electron chi connectivity index (χ0n) is 13.9. The van der Waals surface area contributed by atoms with Crippen LogP contribution in [-0.4, -0.2) is 53.8 Å². The first-order valence-electron chi connectivity index (χ1n) is 7.47. The summed E-state index contributed by atoms with van der Waals surface area (Å²) < 4.78 is 0. The maximum Gasteiger partial charge on any atom is 0.240 e. The van der Waals surface area contributed by atoms with Gasteiger partial charge in [0.05, 0.1) is 6.04 Å². The molecule has 2 N–H and O–H groups in total. The fourth-order valence-corrected chi connectivity index (χ4v) is 2.29. The van der Waals surface area contributed by atoms with Crippen LogP contribution in [0.4, 0.5) is 0 Å². The van der Waals surface area contributed by atoms with Gasteiger partial charge in [0.15, 0.2) is 0 Å². The number of nitrogens with two attached hydrogens (primary N) is 1. The van der Waals surface area contributed by atoms with Gasteiger partial charge in [-0.15, -0.1) is 12.4 Å². The number of nitrogens with zero attached hydrogens (tertiary/aromatic N) is 2. The topological polar surface area (TPSA) is 66.6 Å². The molecule has 0 aromatic carbocycles. The van der Waals surface area contributed by atoms with Crippen molar-refractivity contribution in [1.29, 1.82) is 0 Å². The maximum absolute atomic E-state index is 12.4. The average molecular weight is 320 g/mol. The van der Waals surface area contributed by atoms with Gasteiger partial charge >= 0.3 is 0 Å². The standard InChI is InChI=1S/C15H29N3O2.ClH/c1-11(2)13(19)17-7-6-8-18(10-9-17)14(20)12(16)15(3,4)5;/h11-12H,6-10,16H2,1-5H3;1H/t12-;/m1./s1. The van der Waals surface area contributed by atoms with Crippen LogP contribution in [0, 0.1) is 11.3 Å². The number of halogens is 1. The Balaban J connectivity index is 0.00000400. The number of hydrogen-bond donors (Lipinski definition) is 1. The van der Waals surface area contributed by atoms with Crippen molar-refractivity contribution >= 4 is 24.2 Å². The van der Waals surface area contributed by atoms with E-state index < -0.39 is 6.04 Å². The van der Waals surface area contributed by atoms with Crippen LogP contribution in [0.2, 0.25) is 0 Å². The van der Waals surface area contributed by atoms with Gasteiger partial charge in [-0.05, 0) is 11.8 Å². The van der Waals surface area contributed by atoms with Gasteiger partial charge < -0.3 is 15.5 Å². The van der Waals surface area contributed by atoms with Gasteiger partial charge in [-0.1, -0.05) is 34.6 Å². The second kappa shape index (κ2) is 7.99. The quantitative estimate of drug-likeness (QED) is 0.838. The summed E-state index contributed by atoms with van der Waals surface area (Å²) in [5.74, 6) is 0.171. The molecule has 6 heteroatoms. The smallest absolute Gasteiger partial charge is 0.240 e. The van der Waals surface area contributed by atoms with Crippen LogP contribution in [0.5, 0.6) is 0 Å². The molecule has 0 aromatic rings. The summed E-state index contributed by atoms with van der Waals surface area (Å²) in [5.41, 5.74) is 5.81. The van der Waals surface area contributed by atoms with E-state index in [0.717, 1.165) is 13.0 Å². The number of hydrogen-bond acceptors (Lipinski definition) is 3. The highest BCUT2D eigenvalue weighted by molar-refractivity contribution is 5.85. The minimum Gasteiger partial charge on any atom is -0.341 e. The predicted molar refractivity (Wildman–Crippen MR) is 87.3 cm³/mol. The Bertz CT molecular complexity index is 366. The third kappa shape index (κ3) is 5.47. The molecular formula is C15H30ClN3O2. The minimum atomic E-state index is -0.491. The number of carbonyl (C=O) groups is 2.